The lowest BCUT2D eigenvalue weighted by Gasteiger charge is -2.57. The van der Waals surface area contributed by atoms with Gasteiger partial charge >= 0.3 is 5.97 Å². The number of hydrogen-bond donors (Lipinski definition) is 0. The molecule has 6 rings (SSSR count). The first-order valence-electron chi connectivity index (χ1n) is 16.0. The van der Waals surface area contributed by atoms with E-state index >= 15 is 0 Å². The maximum absolute atomic E-state index is 13.4. The first-order valence-corrected chi connectivity index (χ1v) is 18.9. The summed E-state index contributed by atoms with van der Waals surface area (Å²) >= 11 is 0. The topological polar surface area (TPSA) is 82.2 Å². The highest BCUT2D eigenvalue weighted by Gasteiger charge is 2.80. The number of epoxide rings is 1. The van der Waals surface area contributed by atoms with Crippen molar-refractivity contribution in [3.8, 4) is 0 Å². The van der Waals surface area contributed by atoms with Crippen LogP contribution in [0.15, 0.2) is 23.3 Å². The van der Waals surface area contributed by atoms with E-state index in [-0.39, 0.29) is 52.0 Å². The van der Waals surface area contributed by atoms with E-state index in [0.29, 0.717) is 29.9 Å². The van der Waals surface area contributed by atoms with E-state index in [1.165, 1.54) is 12.2 Å². The highest BCUT2D eigenvalue weighted by atomic mass is 28.4. The van der Waals surface area contributed by atoms with Crippen LogP contribution in [0, 0.1) is 40.4 Å². The molecule has 226 valence electrons. The van der Waals surface area contributed by atoms with Gasteiger partial charge < -0.3 is 13.9 Å². The van der Waals surface area contributed by atoms with Gasteiger partial charge in [0.25, 0.3) is 0 Å². The zero-order valence-corrected chi connectivity index (χ0v) is 27.6. The molecule has 10 atom stereocenters. The highest BCUT2D eigenvalue weighted by molar-refractivity contribution is 6.74. The fourth-order valence-electron chi connectivity index (χ4n) is 9.96. The average molecular weight is 583 g/mol. The number of hydrogen-bond acceptors (Lipinski definition) is 6. The number of ether oxygens (including phenoxy) is 2. The van der Waals surface area contributed by atoms with Crippen molar-refractivity contribution < 1.29 is 28.3 Å². The Morgan fingerprint density at radius 3 is 2.39 bits per heavy atom. The highest BCUT2D eigenvalue weighted by Crippen LogP contribution is 2.72. The number of ketones is 2. The molecule has 6 aliphatic rings. The minimum Gasteiger partial charge on any atom is -0.458 e. The Morgan fingerprint density at radius 1 is 1.05 bits per heavy atom. The van der Waals surface area contributed by atoms with E-state index in [1.54, 1.807) is 0 Å². The van der Waals surface area contributed by atoms with Gasteiger partial charge in [-0.3, -0.25) is 9.59 Å². The summed E-state index contributed by atoms with van der Waals surface area (Å²) in [5, 5.41) is 0.0872. The third-order valence-electron chi connectivity index (χ3n) is 13.6. The van der Waals surface area contributed by atoms with Crippen molar-refractivity contribution >= 4 is 25.9 Å². The Bertz CT molecular complexity index is 1240. The Balaban J connectivity index is 1.18. The van der Waals surface area contributed by atoms with Crippen LogP contribution in [-0.2, 0) is 28.3 Å². The molecule has 1 saturated heterocycles. The molecule has 7 heteroatoms. The smallest absolute Gasteiger partial charge is 0.336 e. The van der Waals surface area contributed by atoms with Crippen LogP contribution < -0.4 is 0 Å². The van der Waals surface area contributed by atoms with Crippen LogP contribution in [0.5, 0.6) is 0 Å². The second kappa shape index (κ2) is 9.22. The van der Waals surface area contributed by atoms with Gasteiger partial charge in [0, 0.05) is 6.42 Å². The summed E-state index contributed by atoms with van der Waals surface area (Å²) in [6.07, 6.45) is 8.59. The predicted octanol–water partition coefficient (Wildman–Crippen LogP) is 6.59. The van der Waals surface area contributed by atoms with Gasteiger partial charge in [0.2, 0.25) is 0 Å². The summed E-state index contributed by atoms with van der Waals surface area (Å²) in [7, 11) is -1.97. The molecule has 41 heavy (non-hydrogen) atoms. The maximum Gasteiger partial charge on any atom is 0.336 e. The molecule has 2 aliphatic heterocycles. The van der Waals surface area contributed by atoms with Crippen LogP contribution in [0.25, 0.3) is 0 Å². The normalized spacial score (nSPS) is 44.6. The summed E-state index contributed by atoms with van der Waals surface area (Å²) in [6, 6.07) is 0. The molecule has 4 fully saturated rings. The number of rotatable bonds is 5. The molecule has 6 nitrogen and oxygen atoms in total. The Morgan fingerprint density at radius 2 is 1.73 bits per heavy atom. The van der Waals surface area contributed by atoms with Gasteiger partial charge in [-0.1, -0.05) is 40.2 Å². The molecule has 0 aromatic heterocycles. The van der Waals surface area contributed by atoms with Crippen molar-refractivity contribution in [1.82, 2.24) is 0 Å². The Kier molecular flexibility index (Phi) is 6.63. The largest absolute Gasteiger partial charge is 0.458 e. The molecule has 0 N–H and O–H groups in total. The molecule has 0 amide bonds. The van der Waals surface area contributed by atoms with Crippen molar-refractivity contribution in [2.45, 2.75) is 123 Å². The van der Waals surface area contributed by atoms with Gasteiger partial charge in [-0.2, -0.15) is 0 Å². The molecule has 0 unspecified atom stereocenters. The molecule has 4 aliphatic carbocycles. The van der Waals surface area contributed by atoms with E-state index in [1.807, 2.05) is 6.92 Å². The monoisotopic (exact) mass is 582 g/mol. The predicted molar refractivity (Wildman–Crippen MR) is 160 cm³/mol. The SMILES string of the molecule is CC1=C(CO[Si](C)(C)C(C)(C)C)C(=O)O[C@@H]([C@@H](C)[C@H]2CC[C@H]3[C@@H]4C[C@H]5O[C@]56C(=O)C=CC(=O)[C@]6(C)[C@H]4CC[C@]23C)C1. The number of cyclic esters (lactones) is 1. The minimum atomic E-state index is -1.97. The van der Waals surface area contributed by atoms with Gasteiger partial charge in [0.05, 0.1) is 23.7 Å². The molecule has 0 radical (unpaired) electrons. The third kappa shape index (κ3) is 3.96. The van der Waals surface area contributed by atoms with Crippen molar-refractivity contribution in [3.05, 3.63) is 23.3 Å². The molecular weight excluding hydrogens is 532 g/mol. The van der Waals surface area contributed by atoms with E-state index in [4.69, 9.17) is 13.9 Å². The third-order valence-corrected chi connectivity index (χ3v) is 18.1. The zero-order chi connectivity index (χ0) is 29.9. The zero-order valence-electron chi connectivity index (χ0n) is 26.6. The number of allylic oxidation sites excluding steroid dienone is 1. The number of esters is 1. The first-order chi connectivity index (χ1) is 19.0. The van der Waals surface area contributed by atoms with Gasteiger partial charge in [0.1, 0.15) is 6.10 Å². The average Bonchev–Trinajstić information content (AvgIpc) is 3.51. The van der Waals surface area contributed by atoms with Crippen LogP contribution in [0.3, 0.4) is 0 Å². The fraction of sp³-hybridized carbons (Fsp3) is 0.794. The van der Waals surface area contributed by atoms with Gasteiger partial charge in [-0.15, -0.1) is 0 Å². The van der Waals surface area contributed by atoms with E-state index in [2.05, 4.69) is 54.6 Å². The van der Waals surface area contributed by atoms with Crippen LogP contribution in [-0.4, -0.2) is 50.3 Å². The second-order valence-corrected chi connectivity index (χ2v) is 21.1. The van der Waals surface area contributed by atoms with Crippen LogP contribution >= 0.6 is 0 Å². The fourth-order valence-corrected chi connectivity index (χ4v) is 10.9. The number of carbonyl (C=O) groups is 3. The second-order valence-electron chi connectivity index (χ2n) is 16.3. The molecule has 3 saturated carbocycles. The summed E-state index contributed by atoms with van der Waals surface area (Å²) in [6.45, 7) is 20.3. The Labute approximate surface area is 247 Å². The standard InChI is InChI=1S/C34H50O6Si/c1-19-16-26(39-30(37)22(19)18-38-41(8,9)31(3,4)5)20(2)23-10-11-24-21-17-29-34(40-29)28(36)13-12-27(35)33(34,7)25(21)14-15-32(23,24)6/h12-13,20-21,23-26,29H,10-11,14-18H2,1-9H3/t20-,21-,23+,24-,25-,26+,29+,32+,33-,34+/m0/s1. The molecular formula is C34H50O6Si. The van der Waals surface area contributed by atoms with Crippen LogP contribution in [0.2, 0.25) is 18.1 Å². The molecule has 2 heterocycles. The number of carbonyl (C=O) groups excluding carboxylic acids is 3. The lowest BCUT2D eigenvalue weighted by atomic mass is 9.44. The summed E-state index contributed by atoms with van der Waals surface area (Å²) < 4.78 is 18.8. The summed E-state index contributed by atoms with van der Waals surface area (Å²) in [4.78, 5) is 39.7. The van der Waals surface area contributed by atoms with Gasteiger partial charge in [0.15, 0.2) is 25.5 Å². The molecule has 0 aromatic rings. The van der Waals surface area contributed by atoms with Crippen molar-refractivity contribution in [2.24, 2.45) is 40.4 Å². The van der Waals surface area contributed by atoms with E-state index in [0.717, 1.165) is 44.1 Å². The molecule has 0 bridgehead atoms. The molecule has 0 aromatic carbocycles. The van der Waals surface area contributed by atoms with Crippen LogP contribution in [0.4, 0.5) is 0 Å². The van der Waals surface area contributed by atoms with Gasteiger partial charge in [-0.25, -0.2) is 4.79 Å². The minimum absolute atomic E-state index is 0.00840. The van der Waals surface area contributed by atoms with E-state index < -0.39 is 19.3 Å². The van der Waals surface area contributed by atoms with Crippen molar-refractivity contribution in [3.63, 3.8) is 0 Å². The van der Waals surface area contributed by atoms with E-state index in [9.17, 15) is 14.4 Å². The van der Waals surface area contributed by atoms with Crippen molar-refractivity contribution in [1.29, 1.82) is 0 Å². The quantitative estimate of drug-likeness (QED) is 0.207. The summed E-state index contributed by atoms with van der Waals surface area (Å²) in [5.41, 5.74) is 0.278. The summed E-state index contributed by atoms with van der Waals surface area (Å²) in [5.74, 6) is 1.61. The first kappa shape index (κ1) is 29.5. The Hall–Kier alpha value is -1.57. The maximum atomic E-state index is 13.4. The van der Waals surface area contributed by atoms with Crippen molar-refractivity contribution in [2.75, 3.05) is 6.61 Å². The van der Waals surface area contributed by atoms with Gasteiger partial charge in [-0.05, 0) is 111 Å². The number of fused-ring (bicyclic) bond motifs is 4. The molecule has 1 spiro atoms. The lowest BCUT2D eigenvalue weighted by Crippen LogP contribution is -2.62. The lowest BCUT2D eigenvalue weighted by molar-refractivity contribution is -0.155. The van der Waals surface area contributed by atoms with Crippen LogP contribution in [0.1, 0.15) is 87.0 Å².